The van der Waals surface area contributed by atoms with Crippen LogP contribution in [0.15, 0.2) is 22.7 Å². The van der Waals surface area contributed by atoms with Gasteiger partial charge in [-0.25, -0.2) is 4.39 Å². The van der Waals surface area contributed by atoms with Gasteiger partial charge < -0.3 is 4.90 Å². The van der Waals surface area contributed by atoms with Crippen molar-refractivity contribution in [2.45, 2.75) is 52.4 Å². The third-order valence-electron chi connectivity index (χ3n) is 4.69. The Balaban J connectivity index is 0.000000847. The lowest BCUT2D eigenvalue weighted by Gasteiger charge is -2.27. The lowest BCUT2D eigenvalue weighted by molar-refractivity contribution is -0.117. The predicted octanol–water partition coefficient (Wildman–Crippen LogP) is 5.55. The molecule has 1 aromatic rings. The maximum atomic E-state index is 13.6. The van der Waals surface area contributed by atoms with Crippen LogP contribution in [0.1, 0.15) is 52.4 Å². The molecule has 3 rings (SSSR count). The second-order valence-corrected chi connectivity index (χ2v) is 6.82. The van der Waals surface area contributed by atoms with Crippen LogP contribution in [0, 0.1) is 17.7 Å². The number of anilines is 1. The summed E-state index contributed by atoms with van der Waals surface area (Å²) >= 11 is 3.15. The van der Waals surface area contributed by atoms with Gasteiger partial charge in [-0.2, -0.15) is 0 Å². The molecule has 0 radical (unpaired) electrons. The Hall–Kier alpha value is -0.900. The van der Waals surface area contributed by atoms with E-state index < -0.39 is 0 Å². The number of rotatable bonds is 2. The summed E-state index contributed by atoms with van der Waals surface area (Å²) in [5, 5.41) is 0. The number of nitrogens with zero attached hydrogens (tertiary/aromatic N) is 1. The van der Waals surface area contributed by atoms with Crippen LogP contribution in [0.5, 0.6) is 0 Å². The maximum Gasteiger partial charge on any atom is 0.227 e. The van der Waals surface area contributed by atoms with E-state index in [1.54, 1.807) is 11.0 Å². The smallest absolute Gasteiger partial charge is 0.227 e. The van der Waals surface area contributed by atoms with E-state index in [1.165, 1.54) is 38.2 Å². The molecule has 0 N–H and O–H groups in total. The minimum Gasteiger partial charge on any atom is -0.312 e. The van der Waals surface area contributed by atoms with Gasteiger partial charge in [-0.05, 0) is 46.0 Å². The van der Waals surface area contributed by atoms with Crippen molar-refractivity contribution < 1.29 is 9.18 Å². The molecular formula is C18H25BrFNO. The molecular weight excluding hydrogens is 345 g/mol. The topological polar surface area (TPSA) is 20.3 Å². The van der Waals surface area contributed by atoms with Gasteiger partial charge in [-0.15, -0.1) is 0 Å². The number of carbonyl (C=O) groups excluding carboxylic acids is 1. The van der Waals surface area contributed by atoms with Gasteiger partial charge in [0.25, 0.3) is 0 Å². The first-order valence-electron chi connectivity index (χ1n) is 8.40. The Bertz CT molecular complexity index is 514. The highest BCUT2D eigenvalue weighted by molar-refractivity contribution is 9.10. The Labute approximate surface area is 141 Å². The minimum absolute atomic E-state index is 0.141. The Kier molecular flexibility index (Phi) is 6.42. The van der Waals surface area contributed by atoms with Crippen LogP contribution in [0.4, 0.5) is 10.1 Å². The molecule has 4 heteroatoms. The molecule has 0 aromatic heterocycles. The highest BCUT2D eigenvalue weighted by Crippen LogP contribution is 2.37. The van der Waals surface area contributed by atoms with Crippen molar-refractivity contribution in [2.24, 2.45) is 11.8 Å². The van der Waals surface area contributed by atoms with Crippen molar-refractivity contribution in [3.05, 3.63) is 28.5 Å². The van der Waals surface area contributed by atoms with E-state index in [0.717, 1.165) is 6.54 Å². The number of hydrogen-bond donors (Lipinski definition) is 0. The zero-order valence-electron chi connectivity index (χ0n) is 13.4. The van der Waals surface area contributed by atoms with Crippen molar-refractivity contribution in [2.75, 3.05) is 11.4 Å². The maximum absolute atomic E-state index is 13.6. The van der Waals surface area contributed by atoms with Crippen molar-refractivity contribution in [3.8, 4) is 0 Å². The van der Waals surface area contributed by atoms with E-state index in [-0.39, 0.29) is 11.7 Å². The summed E-state index contributed by atoms with van der Waals surface area (Å²) in [5.74, 6) is 0.964. The summed E-state index contributed by atoms with van der Waals surface area (Å²) in [6.07, 6.45) is 7.05. The number of hydrogen-bond acceptors (Lipinski definition) is 1. The molecule has 1 heterocycles. The standard InChI is InChI=1S/C16H19BrFNO.C2H6/c17-14-7-6-13(9-15(14)18)19-10-12(8-16(19)20)11-4-2-1-3-5-11;1-2/h6-7,9,11-12H,1-5,8,10H2;1-2H3. The molecule has 122 valence electrons. The van der Waals surface area contributed by atoms with Crippen LogP contribution in [0.3, 0.4) is 0 Å². The van der Waals surface area contributed by atoms with E-state index in [0.29, 0.717) is 28.4 Å². The van der Waals surface area contributed by atoms with E-state index in [2.05, 4.69) is 15.9 Å². The van der Waals surface area contributed by atoms with Gasteiger partial charge in [0.1, 0.15) is 5.82 Å². The zero-order chi connectivity index (χ0) is 16.1. The third-order valence-corrected chi connectivity index (χ3v) is 5.33. The molecule has 2 nitrogen and oxygen atoms in total. The molecule has 22 heavy (non-hydrogen) atoms. The van der Waals surface area contributed by atoms with Gasteiger partial charge in [0.15, 0.2) is 0 Å². The second-order valence-electron chi connectivity index (χ2n) is 5.97. The van der Waals surface area contributed by atoms with Crippen LogP contribution in [0.2, 0.25) is 0 Å². The minimum atomic E-state index is -0.309. The monoisotopic (exact) mass is 369 g/mol. The molecule has 1 aromatic carbocycles. The third kappa shape index (κ3) is 3.89. The summed E-state index contributed by atoms with van der Waals surface area (Å²) in [4.78, 5) is 14.0. The van der Waals surface area contributed by atoms with Crippen LogP contribution in [-0.4, -0.2) is 12.5 Å². The van der Waals surface area contributed by atoms with E-state index in [9.17, 15) is 9.18 Å². The lowest BCUT2D eigenvalue weighted by atomic mass is 9.79. The molecule has 1 saturated carbocycles. The molecule has 1 aliphatic heterocycles. The molecule has 2 aliphatic rings. The molecule has 0 spiro atoms. The first-order chi connectivity index (χ1) is 10.6. The SMILES string of the molecule is CC.O=C1CC(C2CCCCC2)CN1c1ccc(Br)c(F)c1. The number of amides is 1. The fourth-order valence-corrected chi connectivity index (χ4v) is 3.81. The number of benzene rings is 1. The molecule has 1 unspecified atom stereocenters. The van der Waals surface area contributed by atoms with Crippen LogP contribution in [-0.2, 0) is 4.79 Å². The Morgan fingerprint density at radius 2 is 1.82 bits per heavy atom. The molecule has 1 saturated heterocycles. The number of halogens is 2. The first-order valence-corrected chi connectivity index (χ1v) is 9.20. The summed E-state index contributed by atoms with van der Waals surface area (Å²) in [6.45, 7) is 4.75. The lowest BCUT2D eigenvalue weighted by Crippen LogP contribution is -2.26. The van der Waals surface area contributed by atoms with Crippen molar-refractivity contribution in [1.29, 1.82) is 0 Å². The van der Waals surface area contributed by atoms with Gasteiger partial charge in [0, 0.05) is 18.7 Å². The molecule has 1 atom stereocenters. The fourth-order valence-electron chi connectivity index (χ4n) is 3.56. The van der Waals surface area contributed by atoms with Crippen LogP contribution >= 0.6 is 15.9 Å². The van der Waals surface area contributed by atoms with E-state index >= 15 is 0 Å². The van der Waals surface area contributed by atoms with Gasteiger partial charge >= 0.3 is 0 Å². The summed E-state index contributed by atoms with van der Waals surface area (Å²) in [6, 6.07) is 4.94. The predicted molar refractivity (Wildman–Crippen MR) is 92.5 cm³/mol. The average Bonchev–Trinajstić information content (AvgIpc) is 2.95. The summed E-state index contributed by atoms with van der Waals surface area (Å²) in [5.41, 5.74) is 0.689. The first kappa shape index (κ1) is 17.5. The van der Waals surface area contributed by atoms with Crippen molar-refractivity contribution in [1.82, 2.24) is 0 Å². The average molecular weight is 370 g/mol. The highest BCUT2D eigenvalue weighted by Gasteiger charge is 2.35. The molecule has 1 amide bonds. The van der Waals surface area contributed by atoms with Crippen molar-refractivity contribution >= 4 is 27.5 Å². The normalized spacial score (nSPS) is 22.5. The van der Waals surface area contributed by atoms with Gasteiger partial charge in [-0.1, -0.05) is 46.0 Å². The van der Waals surface area contributed by atoms with Crippen LogP contribution in [0.25, 0.3) is 0 Å². The molecule has 2 fully saturated rings. The Morgan fingerprint density at radius 3 is 2.45 bits per heavy atom. The number of carbonyl (C=O) groups is 1. The quantitative estimate of drug-likeness (QED) is 0.669. The fraction of sp³-hybridized carbons (Fsp3) is 0.611. The summed E-state index contributed by atoms with van der Waals surface area (Å²) < 4.78 is 14.1. The summed E-state index contributed by atoms with van der Waals surface area (Å²) in [7, 11) is 0. The molecule has 1 aliphatic carbocycles. The van der Waals surface area contributed by atoms with Crippen LogP contribution < -0.4 is 4.90 Å². The van der Waals surface area contributed by atoms with Gasteiger partial charge in [0.2, 0.25) is 5.91 Å². The Morgan fingerprint density at radius 1 is 1.14 bits per heavy atom. The zero-order valence-corrected chi connectivity index (χ0v) is 15.0. The van der Waals surface area contributed by atoms with Gasteiger partial charge in [-0.3, -0.25) is 4.79 Å². The van der Waals surface area contributed by atoms with E-state index in [1.807, 2.05) is 19.9 Å². The second kappa shape index (κ2) is 8.09. The largest absolute Gasteiger partial charge is 0.312 e. The van der Waals surface area contributed by atoms with E-state index in [4.69, 9.17) is 0 Å². The molecule has 0 bridgehead atoms. The highest BCUT2D eigenvalue weighted by atomic mass is 79.9. The van der Waals surface area contributed by atoms with Gasteiger partial charge in [0.05, 0.1) is 4.47 Å². The van der Waals surface area contributed by atoms with Crippen molar-refractivity contribution in [3.63, 3.8) is 0 Å².